The Balaban J connectivity index is 1.40. The van der Waals surface area contributed by atoms with Crippen LogP contribution >= 0.6 is 11.3 Å². The number of amides is 1. The number of halogens is 6. The zero-order valence-corrected chi connectivity index (χ0v) is 27.5. The quantitative estimate of drug-likeness (QED) is 0.199. The number of benzene rings is 2. The lowest BCUT2D eigenvalue weighted by atomic mass is 10.1. The number of anilines is 1. The van der Waals surface area contributed by atoms with Crippen molar-refractivity contribution in [2.24, 2.45) is 0 Å². The number of fused-ring (bicyclic) bond motifs is 1. The molecule has 0 spiro atoms. The fraction of sp³-hybridized carbons (Fsp3) is 0.333. The molecule has 0 aliphatic carbocycles. The van der Waals surface area contributed by atoms with Crippen LogP contribution in [0.2, 0.25) is 0 Å². The Morgan fingerprint density at radius 2 is 1.58 bits per heavy atom. The van der Waals surface area contributed by atoms with E-state index in [4.69, 9.17) is 0 Å². The third-order valence-electron chi connectivity index (χ3n) is 6.81. The topological polar surface area (TPSA) is 147 Å². The highest BCUT2D eigenvalue weighted by molar-refractivity contribution is 7.89. The number of rotatable bonds is 8. The number of carbonyl (C=O) groups excluding carboxylic acids is 1. The number of hydrogen-bond donors (Lipinski definition) is 2. The number of ether oxygens (including phenoxy) is 2. The van der Waals surface area contributed by atoms with Crippen molar-refractivity contribution in [1.82, 2.24) is 24.6 Å². The van der Waals surface area contributed by atoms with Gasteiger partial charge in [-0.1, -0.05) is 29.4 Å². The van der Waals surface area contributed by atoms with Crippen molar-refractivity contribution in [1.29, 1.82) is 0 Å². The molecule has 3 heterocycles. The third kappa shape index (κ3) is 9.50. The highest BCUT2D eigenvalue weighted by Crippen LogP contribution is 2.32. The van der Waals surface area contributed by atoms with E-state index >= 15 is 0 Å². The third-order valence-corrected chi connectivity index (χ3v) is 9.77. The maximum Gasteiger partial charge on any atom is 0.573 e. The first-order valence-corrected chi connectivity index (χ1v) is 16.7. The van der Waals surface area contributed by atoms with E-state index in [0.717, 1.165) is 40.7 Å². The molecule has 0 unspecified atom stereocenters. The van der Waals surface area contributed by atoms with Crippen LogP contribution in [0.3, 0.4) is 0 Å². The average molecular weight is 745 g/mol. The Morgan fingerprint density at radius 1 is 0.980 bits per heavy atom. The van der Waals surface area contributed by atoms with Crippen molar-refractivity contribution in [3.8, 4) is 23.3 Å². The van der Waals surface area contributed by atoms with Crippen molar-refractivity contribution >= 4 is 42.7 Å². The van der Waals surface area contributed by atoms with Crippen LogP contribution in [0.5, 0.6) is 11.5 Å². The minimum atomic E-state index is -5.00. The van der Waals surface area contributed by atoms with Gasteiger partial charge in [0.2, 0.25) is 21.8 Å². The molecule has 5 rings (SSSR count). The lowest BCUT2D eigenvalue weighted by Crippen LogP contribution is -2.60. The zero-order valence-electron chi connectivity index (χ0n) is 25.9. The lowest BCUT2D eigenvalue weighted by molar-refractivity contribution is -0.275. The van der Waals surface area contributed by atoms with Crippen LogP contribution in [0.4, 0.5) is 31.5 Å². The second-order valence-electron chi connectivity index (χ2n) is 11.2. The standard InChI is InChI=1S/C30H26F6N6O6S2/c1-28(2,44)12-11-24-37-16-23-25(39-24)40-27(49-23)41-13-14-42(50(45,46)21-9-7-20(8-10-21)48-30(34,35)36)22(17-41)26(43)38-15-18-3-5-19(6-4-18)47-29(31,32)33/h3-10,16,22,44H,13-15,17H2,1-2H3,(H,38,43)/t22-/m1/s1. The molecule has 1 fully saturated rings. The van der Waals surface area contributed by atoms with E-state index in [1.807, 2.05) is 0 Å². The molecule has 20 heteroatoms. The molecule has 1 atom stereocenters. The van der Waals surface area contributed by atoms with Crippen LogP contribution in [-0.2, 0) is 21.4 Å². The maximum atomic E-state index is 13.8. The van der Waals surface area contributed by atoms with E-state index in [1.54, 1.807) is 4.90 Å². The summed E-state index contributed by atoms with van der Waals surface area (Å²) in [4.78, 5) is 27.9. The summed E-state index contributed by atoms with van der Waals surface area (Å²) in [5, 5.41) is 12.9. The van der Waals surface area contributed by atoms with Crippen LogP contribution in [0.1, 0.15) is 25.2 Å². The van der Waals surface area contributed by atoms with Gasteiger partial charge in [-0.2, -0.15) is 14.3 Å². The van der Waals surface area contributed by atoms with Gasteiger partial charge < -0.3 is 24.8 Å². The molecule has 2 aromatic heterocycles. The van der Waals surface area contributed by atoms with Gasteiger partial charge >= 0.3 is 12.7 Å². The molecular weight excluding hydrogens is 718 g/mol. The molecular formula is C30H26F6N6O6S2. The average Bonchev–Trinajstić information content (AvgIpc) is 3.45. The maximum absolute atomic E-state index is 13.8. The number of piperazine rings is 1. The van der Waals surface area contributed by atoms with Gasteiger partial charge in [-0.15, -0.1) is 26.3 Å². The highest BCUT2D eigenvalue weighted by Gasteiger charge is 2.41. The molecule has 266 valence electrons. The Morgan fingerprint density at radius 3 is 2.16 bits per heavy atom. The van der Waals surface area contributed by atoms with Crippen LogP contribution in [0.25, 0.3) is 10.3 Å². The first kappa shape index (κ1) is 36.6. The number of carbonyl (C=O) groups is 1. The summed E-state index contributed by atoms with van der Waals surface area (Å²) in [5.74, 6) is 3.48. The Hall–Kier alpha value is -4.71. The van der Waals surface area contributed by atoms with E-state index in [2.05, 4.69) is 41.6 Å². The lowest BCUT2D eigenvalue weighted by Gasteiger charge is -2.39. The summed E-state index contributed by atoms with van der Waals surface area (Å²) < 4.78 is 112. The smallest absolute Gasteiger partial charge is 0.406 e. The van der Waals surface area contributed by atoms with E-state index in [1.165, 1.54) is 43.5 Å². The fourth-order valence-corrected chi connectivity index (χ4v) is 7.12. The molecule has 4 aromatic rings. The Kier molecular flexibility index (Phi) is 10.2. The van der Waals surface area contributed by atoms with Gasteiger partial charge in [0.05, 0.1) is 15.8 Å². The summed E-state index contributed by atoms with van der Waals surface area (Å²) in [6.45, 7) is 2.40. The van der Waals surface area contributed by atoms with Gasteiger partial charge in [-0.05, 0) is 61.7 Å². The van der Waals surface area contributed by atoms with Crippen molar-refractivity contribution in [3.63, 3.8) is 0 Å². The van der Waals surface area contributed by atoms with Crippen molar-refractivity contribution in [3.05, 3.63) is 66.1 Å². The van der Waals surface area contributed by atoms with E-state index in [0.29, 0.717) is 15.4 Å². The first-order chi connectivity index (χ1) is 23.3. The van der Waals surface area contributed by atoms with Gasteiger partial charge in [0.15, 0.2) is 10.8 Å². The molecule has 1 saturated heterocycles. The predicted molar refractivity (Wildman–Crippen MR) is 166 cm³/mol. The van der Waals surface area contributed by atoms with Crippen LogP contribution in [0, 0.1) is 11.8 Å². The molecule has 0 saturated carbocycles. The van der Waals surface area contributed by atoms with Crippen LogP contribution in [-0.4, -0.2) is 82.7 Å². The number of nitrogens with one attached hydrogen (secondary N) is 1. The normalized spacial score (nSPS) is 16.1. The highest BCUT2D eigenvalue weighted by atomic mass is 32.2. The van der Waals surface area contributed by atoms with E-state index in [9.17, 15) is 44.7 Å². The molecule has 1 aliphatic heterocycles. The van der Waals surface area contributed by atoms with Gasteiger partial charge in [0.1, 0.15) is 23.1 Å². The van der Waals surface area contributed by atoms with E-state index in [-0.39, 0.29) is 37.7 Å². The predicted octanol–water partition coefficient (Wildman–Crippen LogP) is 4.20. The van der Waals surface area contributed by atoms with Gasteiger partial charge in [-0.3, -0.25) is 4.79 Å². The van der Waals surface area contributed by atoms with Gasteiger partial charge in [0, 0.05) is 26.2 Å². The summed E-state index contributed by atoms with van der Waals surface area (Å²) in [6.07, 6.45) is -8.41. The Labute approximate surface area is 284 Å². The fourth-order valence-electron chi connectivity index (χ4n) is 4.64. The second kappa shape index (κ2) is 13.9. The molecule has 12 nitrogen and oxygen atoms in total. The van der Waals surface area contributed by atoms with Gasteiger partial charge in [0.25, 0.3) is 0 Å². The number of aromatic nitrogens is 3. The van der Waals surface area contributed by atoms with E-state index < -0.39 is 56.7 Å². The SMILES string of the molecule is CC(C)(O)C#Cc1ncc2sc(N3CCN(S(=O)(=O)c4ccc(OC(F)(F)F)cc4)[C@@H](C(=O)NCc4ccc(OC(F)(F)F)cc4)C3)nc2n1. The summed E-state index contributed by atoms with van der Waals surface area (Å²) in [6, 6.07) is 6.81. The molecule has 2 N–H and O–H groups in total. The summed E-state index contributed by atoms with van der Waals surface area (Å²) in [7, 11) is -4.47. The minimum absolute atomic E-state index is 0.0531. The molecule has 2 aromatic carbocycles. The van der Waals surface area contributed by atoms with Crippen molar-refractivity contribution in [2.75, 3.05) is 24.5 Å². The number of thiazole rings is 1. The van der Waals surface area contributed by atoms with Crippen molar-refractivity contribution in [2.45, 2.75) is 49.7 Å². The molecule has 0 radical (unpaired) electrons. The second-order valence-corrected chi connectivity index (χ2v) is 14.1. The molecule has 0 bridgehead atoms. The monoisotopic (exact) mass is 744 g/mol. The summed E-state index contributed by atoms with van der Waals surface area (Å²) in [5.41, 5.74) is -0.635. The minimum Gasteiger partial charge on any atom is -0.406 e. The molecule has 1 amide bonds. The molecule has 1 aliphatic rings. The number of alkyl halides is 6. The number of nitrogens with zero attached hydrogens (tertiary/aromatic N) is 5. The van der Waals surface area contributed by atoms with Gasteiger partial charge in [-0.25, -0.2) is 13.4 Å². The number of aliphatic hydroxyl groups is 1. The Bertz CT molecular complexity index is 2020. The van der Waals surface area contributed by atoms with Crippen molar-refractivity contribution < 1.29 is 54.1 Å². The van der Waals surface area contributed by atoms with Crippen LogP contribution < -0.4 is 19.7 Å². The summed E-state index contributed by atoms with van der Waals surface area (Å²) >= 11 is 1.17. The largest absolute Gasteiger partial charge is 0.573 e. The number of sulfonamides is 1. The first-order valence-electron chi connectivity index (χ1n) is 14.4. The molecule has 50 heavy (non-hydrogen) atoms. The zero-order chi connectivity index (χ0) is 36.5. The number of hydrogen-bond acceptors (Lipinski definition) is 11. The van der Waals surface area contributed by atoms with Crippen LogP contribution in [0.15, 0.2) is 59.6 Å².